The number of fused-ring (bicyclic) bond motifs is 1. The molecule has 2 heterocycles. The smallest absolute Gasteiger partial charge is 0.319 e. The SMILES string of the molecule is CCOC(=O)C(CC)Sc1ccc2nnc(-c3ccccc3OC)n2n1. The van der Waals surface area contributed by atoms with Crippen molar-refractivity contribution in [2.75, 3.05) is 13.7 Å². The van der Waals surface area contributed by atoms with E-state index in [1.54, 1.807) is 18.5 Å². The first kappa shape index (κ1) is 18.2. The molecule has 1 aromatic carbocycles. The monoisotopic (exact) mass is 372 g/mol. The van der Waals surface area contributed by atoms with Gasteiger partial charge < -0.3 is 9.47 Å². The number of hydrogen-bond acceptors (Lipinski definition) is 7. The summed E-state index contributed by atoms with van der Waals surface area (Å²) >= 11 is 1.38. The maximum Gasteiger partial charge on any atom is 0.319 e. The van der Waals surface area contributed by atoms with E-state index < -0.39 is 0 Å². The average molecular weight is 372 g/mol. The lowest BCUT2D eigenvalue weighted by Gasteiger charge is -2.12. The Labute approximate surface area is 155 Å². The van der Waals surface area contributed by atoms with E-state index in [2.05, 4.69) is 15.3 Å². The minimum atomic E-state index is -0.300. The Bertz CT molecular complexity index is 912. The number of thioether (sulfide) groups is 1. The van der Waals surface area contributed by atoms with Crippen molar-refractivity contribution in [2.24, 2.45) is 0 Å². The fourth-order valence-corrected chi connectivity index (χ4v) is 3.41. The Morgan fingerprint density at radius 2 is 2.00 bits per heavy atom. The maximum atomic E-state index is 12.0. The van der Waals surface area contributed by atoms with Gasteiger partial charge in [0.2, 0.25) is 0 Å². The van der Waals surface area contributed by atoms with E-state index >= 15 is 0 Å². The molecule has 0 saturated heterocycles. The first-order valence-electron chi connectivity index (χ1n) is 8.37. The molecular weight excluding hydrogens is 352 g/mol. The summed E-state index contributed by atoms with van der Waals surface area (Å²) in [6.07, 6.45) is 0.658. The topological polar surface area (TPSA) is 78.6 Å². The van der Waals surface area contributed by atoms with Crippen LogP contribution in [0, 0.1) is 0 Å². The molecule has 1 unspecified atom stereocenters. The number of para-hydroxylation sites is 1. The summed E-state index contributed by atoms with van der Waals surface area (Å²) in [4.78, 5) is 12.0. The van der Waals surface area contributed by atoms with Gasteiger partial charge in [0.05, 0.1) is 19.3 Å². The number of nitrogens with zero attached hydrogens (tertiary/aromatic N) is 4. The van der Waals surface area contributed by atoms with Crippen LogP contribution in [-0.4, -0.2) is 44.7 Å². The summed E-state index contributed by atoms with van der Waals surface area (Å²) in [5.41, 5.74) is 1.43. The van der Waals surface area contributed by atoms with E-state index in [-0.39, 0.29) is 11.2 Å². The maximum absolute atomic E-state index is 12.0. The number of esters is 1. The number of hydrogen-bond donors (Lipinski definition) is 0. The van der Waals surface area contributed by atoms with Crippen LogP contribution in [0.4, 0.5) is 0 Å². The third-order valence-corrected chi connectivity index (χ3v) is 5.04. The molecule has 0 bridgehead atoms. The van der Waals surface area contributed by atoms with Crippen LogP contribution in [-0.2, 0) is 9.53 Å². The summed E-state index contributed by atoms with van der Waals surface area (Å²) in [6, 6.07) is 11.2. The Kier molecular flexibility index (Phi) is 5.72. The van der Waals surface area contributed by atoms with Crippen molar-refractivity contribution in [3.8, 4) is 17.1 Å². The van der Waals surface area contributed by atoms with Gasteiger partial charge in [-0.25, -0.2) is 0 Å². The van der Waals surface area contributed by atoms with Gasteiger partial charge in [0, 0.05) is 0 Å². The molecule has 0 N–H and O–H groups in total. The van der Waals surface area contributed by atoms with Gasteiger partial charge in [-0.15, -0.1) is 10.2 Å². The molecule has 26 heavy (non-hydrogen) atoms. The van der Waals surface area contributed by atoms with Gasteiger partial charge in [0.1, 0.15) is 16.0 Å². The zero-order valence-corrected chi connectivity index (χ0v) is 15.7. The summed E-state index contributed by atoms with van der Waals surface area (Å²) < 4.78 is 12.2. The van der Waals surface area contributed by atoms with Crippen molar-refractivity contribution in [2.45, 2.75) is 30.5 Å². The molecule has 1 atom stereocenters. The summed E-state index contributed by atoms with van der Waals surface area (Å²) in [5, 5.41) is 13.4. The van der Waals surface area contributed by atoms with Gasteiger partial charge in [-0.1, -0.05) is 30.8 Å². The van der Waals surface area contributed by atoms with Crippen molar-refractivity contribution >= 4 is 23.4 Å². The van der Waals surface area contributed by atoms with Gasteiger partial charge in [-0.2, -0.15) is 9.61 Å². The third-order valence-electron chi connectivity index (χ3n) is 3.77. The number of carbonyl (C=O) groups excluding carboxylic acids is 1. The average Bonchev–Trinajstić information content (AvgIpc) is 3.09. The van der Waals surface area contributed by atoms with E-state index in [0.29, 0.717) is 35.3 Å². The quantitative estimate of drug-likeness (QED) is 0.465. The molecule has 0 aliphatic heterocycles. The normalized spacial score (nSPS) is 12.1. The molecule has 7 nitrogen and oxygen atoms in total. The van der Waals surface area contributed by atoms with Crippen LogP contribution in [0.5, 0.6) is 5.75 Å². The number of aromatic nitrogens is 4. The Hall–Kier alpha value is -2.61. The summed E-state index contributed by atoms with van der Waals surface area (Å²) in [6.45, 7) is 4.12. The molecule has 0 saturated carbocycles. The van der Waals surface area contributed by atoms with Crippen molar-refractivity contribution in [1.82, 2.24) is 19.8 Å². The van der Waals surface area contributed by atoms with Gasteiger partial charge in [-0.3, -0.25) is 4.79 Å². The molecule has 0 radical (unpaired) electrons. The number of rotatable bonds is 7. The molecule has 0 spiro atoms. The van der Waals surface area contributed by atoms with E-state index in [1.807, 2.05) is 43.3 Å². The number of carbonyl (C=O) groups is 1. The van der Waals surface area contributed by atoms with Gasteiger partial charge in [0.25, 0.3) is 0 Å². The van der Waals surface area contributed by atoms with Gasteiger partial charge in [-0.05, 0) is 37.6 Å². The second-order valence-corrected chi connectivity index (χ2v) is 6.66. The standard InChI is InChI=1S/C18H20N4O3S/c1-4-14(18(23)25-5-2)26-16-11-10-15-19-20-17(22(15)21-16)12-8-6-7-9-13(12)24-3/h6-11,14H,4-5H2,1-3H3. The van der Waals surface area contributed by atoms with Crippen LogP contribution in [0.15, 0.2) is 41.4 Å². The molecule has 8 heteroatoms. The summed E-state index contributed by atoms with van der Waals surface area (Å²) in [7, 11) is 1.61. The predicted molar refractivity (Wildman–Crippen MR) is 99.3 cm³/mol. The fraction of sp³-hybridized carbons (Fsp3) is 0.333. The number of methoxy groups -OCH3 is 1. The first-order chi connectivity index (χ1) is 12.7. The van der Waals surface area contributed by atoms with E-state index in [0.717, 1.165) is 5.56 Å². The van der Waals surface area contributed by atoms with Crippen molar-refractivity contribution in [3.63, 3.8) is 0 Å². The largest absolute Gasteiger partial charge is 0.496 e. The third kappa shape index (κ3) is 3.65. The Morgan fingerprint density at radius 3 is 2.73 bits per heavy atom. The summed E-state index contributed by atoms with van der Waals surface area (Å²) in [5.74, 6) is 1.05. The molecule has 0 fully saturated rings. The van der Waals surface area contributed by atoms with Crippen molar-refractivity contribution in [1.29, 1.82) is 0 Å². The second-order valence-electron chi connectivity index (χ2n) is 5.43. The van der Waals surface area contributed by atoms with E-state index in [9.17, 15) is 4.79 Å². The van der Waals surface area contributed by atoms with Crippen LogP contribution in [0.25, 0.3) is 17.0 Å². The molecule has 0 aliphatic carbocycles. The number of benzene rings is 1. The highest BCUT2D eigenvalue weighted by Gasteiger charge is 2.21. The second kappa shape index (κ2) is 8.18. The highest BCUT2D eigenvalue weighted by atomic mass is 32.2. The first-order valence-corrected chi connectivity index (χ1v) is 9.25. The molecular formula is C18H20N4O3S. The minimum absolute atomic E-state index is 0.226. The van der Waals surface area contributed by atoms with E-state index in [4.69, 9.17) is 9.47 Å². The zero-order valence-electron chi connectivity index (χ0n) is 14.9. The zero-order chi connectivity index (χ0) is 18.5. The minimum Gasteiger partial charge on any atom is -0.496 e. The van der Waals surface area contributed by atoms with Crippen molar-refractivity contribution < 1.29 is 14.3 Å². The molecule has 0 aliphatic rings. The highest BCUT2D eigenvalue weighted by Crippen LogP contribution is 2.29. The number of ether oxygens (including phenoxy) is 2. The fourth-order valence-electron chi connectivity index (χ4n) is 2.51. The molecule has 0 amide bonds. The van der Waals surface area contributed by atoms with Crippen LogP contribution in [0.1, 0.15) is 20.3 Å². The van der Waals surface area contributed by atoms with Crippen LogP contribution >= 0.6 is 11.8 Å². The molecule has 2 aromatic heterocycles. The molecule has 3 aromatic rings. The highest BCUT2D eigenvalue weighted by molar-refractivity contribution is 8.00. The van der Waals surface area contributed by atoms with Crippen LogP contribution in [0.3, 0.4) is 0 Å². The molecule has 136 valence electrons. The van der Waals surface area contributed by atoms with Gasteiger partial charge >= 0.3 is 5.97 Å². The van der Waals surface area contributed by atoms with E-state index in [1.165, 1.54) is 11.8 Å². The lowest BCUT2D eigenvalue weighted by atomic mass is 10.2. The van der Waals surface area contributed by atoms with Crippen LogP contribution in [0.2, 0.25) is 0 Å². The molecule has 3 rings (SSSR count). The Balaban J connectivity index is 1.97. The predicted octanol–water partition coefficient (Wildman–Crippen LogP) is 3.23. The van der Waals surface area contributed by atoms with Gasteiger partial charge in [0.15, 0.2) is 11.5 Å². The van der Waals surface area contributed by atoms with Crippen molar-refractivity contribution in [3.05, 3.63) is 36.4 Å². The lowest BCUT2D eigenvalue weighted by molar-refractivity contribution is -0.142. The lowest BCUT2D eigenvalue weighted by Crippen LogP contribution is -2.19. The Morgan fingerprint density at radius 1 is 1.19 bits per heavy atom. The van der Waals surface area contributed by atoms with Crippen LogP contribution < -0.4 is 4.74 Å².